The fourth-order valence-corrected chi connectivity index (χ4v) is 4.28. The van der Waals surface area contributed by atoms with E-state index >= 15 is 0 Å². The van der Waals surface area contributed by atoms with Gasteiger partial charge in [0.25, 0.3) is 11.8 Å². The number of nitrogens with zero attached hydrogens (tertiary/aromatic N) is 1. The van der Waals surface area contributed by atoms with Crippen LogP contribution in [0.1, 0.15) is 52.1 Å². The highest BCUT2D eigenvalue weighted by Crippen LogP contribution is 2.23. The lowest BCUT2D eigenvalue weighted by Crippen LogP contribution is -2.44. The average molecular weight is 474 g/mol. The highest BCUT2D eigenvalue weighted by Gasteiger charge is 2.29. The standard InChI is InChI=1S/C28H28FN3O3/c1-19(20-8-3-2-4-9-20)30-27(34)24-11-5-6-12-25(24)31-26(33)22-10-7-17-32(18-22)28(35)21-13-15-23(29)16-14-21/h2-6,8-9,11-16,19,22H,7,10,17-18H2,1H3,(H,30,34)(H,31,33)/t19-,22-/m0/s1. The van der Waals surface area contributed by atoms with Crippen molar-refractivity contribution in [3.63, 3.8) is 0 Å². The first-order valence-electron chi connectivity index (χ1n) is 11.7. The number of carbonyl (C=O) groups is 3. The molecule has 2 N–H and O–H groups in total. The van der Waals surface area contributed by atoms with Crippen LogP contribution >= 0.6 is 0 Å². The Hall–Kier alpha value is -4.00. The lowest BCUT2D eigenvalue weighted by atomic mass is 9.96. The fraction of sp³-hybridized carbons (Fsp3) is 0.250. The third-order valence-corrected chi connectivity index (χ3v) is 6.25. The van der Waals surface area contributed by atoms with E-state index in [9.17, 15) is 18.8 Å². The Morgan fingerprint density at radius 3 is 2.37 bits per heavy atom. The summed E-state index contributed by atoms with van der Waals surface area (Å²) in [6, 6.07) is 21.7. The maximum atomic E-state index is 13.2. The summed E-state index contributed by atoms with van der Waals surface area (Å²) in [5.74, 6) is -1.56. The molecule has 0 bridgehead atoms. The van der Waals surface area contributed by atoms with E-state index in [1.54, 1.807) is 29.2 Å². The minimum atomic E-state index is -0.410. The second-order valence-electron chi connectivity index (χ2n) is 8.74. The molecule has 3 aromatic carbocycles. The Balaban J connectivity index is 1.42. The van der Waals surface area contributed by atoms with Crippen molar-refractivity contribution < 1.29 is 18.8 Å². The van der Waals surface area contributed by atoms with Crippen LogP contribution in [0.5, 0.6) is 0 Å². The lowest BCUT2D eigenvalue weighted by molar-refractivity contribution is -0.121. The van der Waals surface area contributed by atoms with E-state index in [4.69, 9.17) is 0 Å². The van der Waals surface area contributed by atoms with Gasteiger partial charge in [0, 0.05) is 18.7 Å². The van der Waals surface area contributed by atoms with E-state index in [1.807, 2.05) is 37.3 Å². The molecule has 0 spiro atoms. The van der Waals surface area contributed by atoms with Gasteiger partial charge in [-0.2, -0.15) is 0 Å². The summed E-state index contributed by atoms with van der Waals surface area (Å²) >= 11 is 0. The molecular formula is C28H28FN3O3. The number of para-hydroxylation sites is 1. The summed E-state index contributed by atoms with van der Waals surface area (Å²) < 4.78 is 13.2. The molecule has 180 valence electrons. The third kappa shape index (κ3) is 5.93. The van der Waals surface area contributed by atoms with E-state index in [-0.39, 0.29) is 30.3 Å². The quantitative estimate of drug-likeness (QED) is 0.540. The molecule has 1 heterocycles. The van der Waals surface area contributed by atoms with Crippen molar-refractivity contribution in [3.8, 4) is 0 Å². The smallest absolute Gasteiger partial charge is 0.253 e. The number of hydrogen-bond acceptors (Lipinski definition) is 3. The van der Waals surface area contributed by atoms with Gasteiger partial charge in [-0.05, 0) is 61.7 Å². The van der Waals surface area contributed by atoms with E-state index in [2.05, 4.69) is 10.6 Å². The molecule has 0 radical (unpaired) electrons. The van der Waals surface area contributed by atoms with Crippen molar-refractivity contribution in [2.24, 2.45) is 5.92 Å². The van der Waals surface area contributed by atoms with Gasteiger partial charge in [-0.1, -0.05) is 42.5 Å². The molecule has 0 saturated carbocycles. The lowest BCUT2D eigenvalue weighted by Gasteiger charge is -2.32. The molecule has 0 unspecified atom stereocenters. The summed E-state index contributed by atoms with van der Waals surface area (Å²) in [6.07, 6.45) is 1.32. The Labute approximate surface area is 204 Å². The van der Waals surface area contributed by atoms with Crippen molar-refractivity contribution in [1.82, 2.24) is 10.2 Å². The summed E-state index contributed by atoms with van der Waals surface area (Å²) in [4.78, 5) is 40.5. The number of likely N-dealkylation sites (tertiary alicyclic amines) is 1. The third-order valence-electron chi connectivity index (χ3n) is 6.25. The highest BCUT2D eigenvalue weighted by molar-refractivity contribution is 6.04. The zero-order chi connectivity index (χ0) is 24.8. The van der Waals surface area contributed by atoms with Gasteiger partial charge in [-0.25, -0.2) is 4.39 Å². The van der Waals surface area contributed by atoms with Crippen LogP contribution in [0, 0.1) is 11.7 Å². The van der Waals surface area contributed by atoms with Crippen LogP contribution in [0.3, 0.4) is 0 Å². The first-order chi connectivity index (χ1) is 16.9. The summed E-state index contributed by atoms with van der Waals surface area (Å²) in [6.45, 7) is 2.71. The molecule has 1 fully saturated rings. The molecule has 0 aromatic heterocycles. The first kappa shape index (κ1) is 24.1. The van der Waals surface area contributed by atoms with Gasteiger partial charge in [0.2, 0.25) is 5.91 Å². The van der Waals surface area contributed by atoms with E-state index in [0.29, 0.717) is 36.2 Å². The number of nitrogens with one attached hydrogen (secondary N) is 2. The number of amides is 3. The number of carbonyl (C=O) groups excluding carboxylic acids is 3. The van der Waals surface area contributed by atoms with Crippen LogP contribution in [-0.4, -0.2) is 35.7 Å². The molecular weight excluding hydrogens is 445 g/mol. The molecule has 1 saturated heterocycles. The van der Waals surface area contributed by atoms with Crippen LogP contribution < -0.4 is 10.6 Å². The van der Waals surface area contributed by atoms with Crippen LogP contribution in [0.25, 0.3) is 0 Å². The maximum absolute atomic E-state index is 13.2. The summed E-state index contributed by atoms with van der Waals surface area (Å²) in [5.41, 5.74) is 2.17. The number of hydrogen-bond donors (Lipinski definition) is 2. The van der Waals surface area contributed by atoms with Crippen LogP contribution in [0.15, 0.2) is 78.9 Å². The summed E-state index contributed by atoms with van der Waals surface area (Å²) in [5, 5.41) is 5.87. The number of piperidine rings is 1. The molecule has 6 nitrogen and oxygen atoms in total. The minimum Gasteiger partial charge on any atom is -0.345 e. The van der Waals surface area contributed by atoms with Gasteiger partial charge in [-0.3, -0.25) is 14.4 Å². The van der Waals surface area contributed by atoms with Gasteiger partial charge in [0.15, 0.2) is 0 Å². The molecule has 35 heavy (non-hydrogen) atoms. The van der Waals surface area contributed by atoms with Crippen molar-refractivity contribution in [2.75, 3.05) is 18.4 Å². The zero-order valence-electron chi connectivity index (χ0n) is 19.5. The first-order valence-corrected chi connectivity index (χ1v) is 11.7. The molecule has 4 rings (SSSR count). The second kappa shape index (κ2) is 11.0. The average Bonchev–Trinajstić information content (AvgIpc) is 2.89. The normalized spacial score (nSPS) is 16.3. The molecule has 0 aliphatic carbocycles. The van der Waals surface area contributed by atoms with Crippen LogP contribution in [-0.2, 0) is 4.79 Å². The second-order valence-corrected chi connectivity index (χ2v) is 8.74. The van der Waals surface area contributed by atoms with Gasteiger partial charge in [-0.15, -0.1) is 0 Å². The zero-order valence-corrected chi connectivity index (χ0v) is 19.5. The molecule has 7 heteroatoms. The van der Waals surface area contributed by atoms with E-state index in [0.717, 1.165) is 5.56 Å². The predicted octanol–water partition coefficient (Wildman–Crippen LogP) is 4.81. The molecule has 3 amide bonds. The number of benzene rings is 3. The number of halogens is 1. The number of anilines is 1. The Kier molecular flexibility index (Phi) is 7.55. The van der Waals surface area contributed by atoms with Gasteiger partial charge in [0.1, 0.15) is 5.82 Å². The van der Waals surface area contributed by atoms with Crippen molar-refractivity contribution >= 4 is 23.4 Å². The fourth-order valence-electron chi connectivity index (χ4n) is 4.28. The predicted molar refractivity (Wildman–Crippen MR) is 132 cm³/mol. The minimum absolute atomic E-state index is 0.197. The molecule has 1 aliphatic heterocycles. The highest BCUT2D eigenvalue weighted by atomic mass is 19.1. The molecule has 3 aromatic rings. The van der Waals surface area contributed by atoms with Gasteiger partial charge in [0.05, 0.1) is 23.2 Å². The maximum Gasteiger partial charge on any atom is 0.253 e. The topological polar surface area (TPSA) is 78.5 Å². The van der Waals surface area contributed by atoms with Crippen LogP contribution in [0.2, 0.25) is 0 Å². The van der Waals surface area contributed by atoms with Crippen molar-refractivity contribution in [1.29, 1.82) is 0 Å². The Bertz CT molecular complexity index is 1200. The van der Waals surface area contributed by atoms with Crippen molar-refractivity contribution in [3.05, 3.63) is 101 Å². The molecule has 2 atom stereocenters. The number of rotatable bonds is 6. The van der Waals surface area contributed by atoms with Crippen LogP contribution in [0.4, 0.5) is 10.1 Å². The largest absolute Gasteiger partial charge is 0.345 e. The van der Waals surface area contributed by atoms with Crippen molar-refractivity contribution in [2.45, 2.75) is 25.8 Å². The van der Waals surface area contributed by atoms with E-state index in [1.165, 1.54) is 24.3 Å². The molecule has 1 aliphatic rings. The Morgan fingerprint density at radius 1 is 0.943 bits per heavy atom. The SMILES string of the molecule is C[C@H](NC(=O)c1ccccc1NC(=O)[C@H]1CCCN(C(=O)c2ccc(F)cc2)C1)c1ccccc1. The van der Waals surface area contributed by atoms with E-state index < -0.39 is 11.7 Å². The van der Waals surface area contributed by atoms with Gasteiger partial charge >= 0.3 is 0 Å². The Morgan fingerprint density at radius 2 is 1.63 bits per heavy atom. The summed E-state index contributed by atoms with van der Waals surface area (Å²) in [7, 11) is 0. The van der Waals surface area contributed by atoms with Gasteiger partial charge < -0.3 is 15.5 Å². The monoisotopic (exact) mass is 473 g/mol.